The third-order valence-corrected chi connectivity index (χ3v) is 5.39. The number of hydrogen-bond acceptors (Lipinski definition) is 2. The molecule has 1 aliphatic rings. The molecule has 1 N–H and O–H groups in total. The lowest BCUT2D eigenvalue weighted by atomic mass is 9.78. The van der Waals surface area contributed by atoms with Gasteiger partial charge in [0.2, 0.25) is 0 Å². The fraction of sp³-hybridized carbons (Fsp3) is 0.529. The summed E-state index contributed by atoms with van der Waals surface area (Å²) in [5.74, 6) is 0.386. The topological polar surface area (TPSA) is 34.2 Å². The zero-order chi connectivity index (χ0) is 16.3. The molecule has 0 radical (unpaired) electrons. The summed E-state index contributed by atoms with van der Waals surface area (Å²) in [6.45, 7) is 12.8. The Morgan fingerprint density at radius 3 is 2.23 bits per heavy atom. The van der Waals surface area contributed by atoms with E-state index in [1.54, 1.807) is 0 Å². The molecule has 0 spiro atoms. The number of nitrogens with one attached hydrogen (secondary N) is 1. The molecule has 1 aliphatic heterocycles. The van der Waals surface area contributed by atoms with Crippen LogP contribution in [0.25, 0.3) is 10.9 Å². The van der Waals surface area contributed by atoms with E-state index in [-0.39, 0.29) is 18.3 Å². The van der Waals surface area contributed by atoms with Gasteiger partial charge in [-0.15, -0.1) is 0 Å². The number of benzene rings is 1. The number of aromatic amines is 1. The van der Waals surface area contributed by atoms with Crippen molar-refractivity contribution in [3.8, 4) is 0 Å². The second-order valence-corrected chi connectivity index (χ2v) is 8.30. The Balaban J connectivity index is 2.14. The van der Waals surface area contributed by atoms with Crippen LogP contribution in [0.5, 0.6) is 0 Å². The van der Waals surface area contributed by atoms with E-state index in [1.165, 1.54) is 10.9 Å². The van der Waals surface area contributed by atoms with E-state index in [1.807, 2.05) is 0 Å². The Kier molecular flexibility index (Phi) is 3.74. The van der Waals surface area contributed by atoms with Crippen molar-refractivity contribution in [3.63, 3.8) is 0 Å². The molecule has 1 aromatic heterocycles. The number of aromatic nitrogens is 1. The summed E-state index contributed by atoms with van der Waals surface area (Å²) in [5, 5.41) is 1.23. The van der Waals surface area contributed by atoms with Gasteiger partial charge in [-0.05, 0) is 57.4 Å². The summed E-state index contributed by atoms with van der Waals surface area (Å²) in [6, 6.07) is 6.31. The van der Waals surface area contributed by atoms with Crippen molar-refractivity contribution in [2.24, 2.45) is 0 Å². The predicted molar refractivity (Wildman–Crippen MR) is 95.8 cm³/mol. The van der Waals surface area contributed by atoms with Crippen LogP contribution in [-0.2, 0) is 9.31 Å². The SMILES string of the molecule is CC(C)c1c(B2OC(C)(C)C(C)(C)O2)[nH]c2ccc(Br)cc12. The number of fused-ring (bicyclic) bond motifs is 1. The van der Waals surface area contributed by atoms with Gasteiger partial charge in [0.1, 0.15) is 0 Å². The lowest BCUT2D eigenvalue weighted by molar-refractivity contribution is 0.00578. The number of rotatable bonds is 2. The molecule has 0 unspecified atom stereocenters. The highest BCUT2D eigenvalue weighted by Gasteiger charge is 2.53. The summed E-state index contributed by atoms with van der Waals surface area (Å²) < 4.78 is 13.6. The first-order valence-electron chi connectivity index (χ1n) is 7.79. The predicted octanol–water partition coefficient (Wildman–Crippen LogP) is 4.35. The largest absolute Gasteiger partial charge is 0.512 e. The van der Waals surface area contributed by atoms with Crippen LogP contribution >= 0.6 is 15.9 Å². The van der Waals surface area contributed by atoms with Crippen molar-refractivity contribution < 1.29 is 9.31 Å². The van der Waals surface area contributed by atoms with Crippen LogP contribution in [0.15, 0.2) is 22.7 Å². The first kappa shape index (κ1) is 16.1. The molecule has 0 aliphatic carbocycles. The van der Waals surface area contributed by atoms with Crippen molar-refractivity contribution in [2.75, 3.05) is 0 Å². The summed E-state index contributed by atoms with van der Waals surface area (Å²) in [4.78, 5) is 3.52. The highest BCUT2D eigenvalue weighted by Crippen LogP contribution is 2.38. The van der Waals surface area contributed by atoms with Gasteiger partial charge in [-0.25, -0.2) is 0 Å². The summed E-state index contributed by atoms with van der Waals surface area (Å²) in [7, 11) is -0.353. The van der Waals surface area contributed by atoms with Crippen LogP contribution in [-0.4, -0.2) is 23.3 Å². The van der Waals surface area contributed by atoms with Crippen LogP contribution < -0.4 is 5.59 Å². The van der Waals surface area contributed by atoms with Gasteiger partial charge < -0.3 is 14.3 Å². The van der Waals surface area contributed by atoms with Crippen molar-refractivity contribution in [3.05, 3.63) is 28.2 Å². The van der Waals surface area contributed by atoms with E-state index in [0.29, 0.717) is 5.92 Å². The summed E-state index contributed by atoms with van der Waals surface area (Å²) in [6.07, 6.45) is 0. The first-order valence-corrected chi connectivity index (χ1v) is 8.58. The quantitative estimate of drug-likeness (QED) is 0.804. The maximum atomic E-state index is 6.24. The van der Waals surface area contributed by atoms with Gasteiger partial charge in [0.05, 0.1) is 11.2 Å². The summed E-state index contributed by atoms with van der Waals surface area (Å²) >= 11 is 3.57. The fourth-order valence-electron chi connectivity index (χ4n) is 2.97. The minimum absolute atomic E-state index is 0.330. The molecule has 0 amide bonds. The van der Waals surface area contributed by atoms with Gasteiger partial charge in [-0.3, -0.25) is 0 Å². The molecular formula is C17H23BBrNO2. The standard InChI is InChI=1S/C17H23BBrNO2/c1-10(2)14-12-9-11(19)7-8-13(12)20-15(14)18-21-16(3,4)17(5,6)22-18/h7-10,20H,1-6H3. The van der Waals surface area contributed by atoms with Gasteiger partial charge in [-0.1, -0.05) is 29.8 Å². The molecular weight excluding hydrogens is 341 g/mol. The monoisotopic (exact) mass is 363 g/mol. The van der Waals surface area contributed by atoms with Crippen molar-refractivity contribution >= 4 is 39.5 Å². The van der Waals surface area contributed by atoms with Gasteiger partial charge in [0.15, 0.2) is 0 Å². The van der Waals surface area contributed by atoms with Crippen LogP contribution in [0.2, 0.25) is 0 Å². The van der Waals surface area contributed by atoms with Crippen molar-refractivity contribution in [2.45, 2.75) is 58.7 Å². The van der Waals surface area contributed by atoms with Crippen molar-refractivity contribution in [1.29, 1.82) is 0 Å². The third kappa shape index (κ3) is 2.43. The Bertz CT molecular complexity index is 705. The average molecular weight is 364 g/mol. The van der Waals surface area contributed by atoms with E-state index in [0.717, 1.165) is 15.6 Å². The van der Waals surface area contributed by atoms with Crippen LogP contribution in [0.1, 0.15) is 53.0 Å². The Morgan fingerprint density at radius 2 is 1.68 bits per heavy atom. The zero-order valence-corrected chi connectivity index (χ0v) is 15.7. The molecule has 1 saturated heterocycles. The maximum absolute atomic E-state index is 6.24. The van der Waals surface area contributed by atoms with Crippen LogP contribution in [0.4, 0.5) is 0 Å². The van der Waals surface area contributed by atoms with E-state index in [4.69, 9.17) is 9.31 Å². The Hall–Kier alpha value is -0.775. The third-order valence-electron chi connectivity index (χ3n) is 4.90. The number of halogens is 1. The molecule has 0 bridgehead atoms. The summed E-state index contributed by atoms with van der Waals surface area (Å²) in [5.41, 5.74) is 2.78. The molecule has 0 saturated carbocycles. The molecule has 118 valence electrons. The van der Waals surface area contributed by atoms with Gasteiger partial charge >= 0.3 is 7.12 Å². The first-order chi connectivity index (χ1) is 10.1. The second kappa shape index (κ2) is 5.12. The molecule has 0 atom stereocenters. The van der Waals surface area contributed by atoms with E-state index < -0.39 is 0 Å². The molecule has 3 rings (SSSR count). The minimum atomic E-state index is -0.353. The van der Waals surface area contributed by atoms with Gasteiger partial charge in [0.25, 0.3) is 0 Å². The maximum Gasteiger partial charge on any atom is 0.512 e. The minimum Gasteiger partial charge on any atom is -0.398 e. The second-order valence-electron chi connectivity index (χ2n) is 7.39. The highest BCUT2D eigenvalue weighted by atomic mass is 79.9. The molecule has 1 aromatic carbocycles. The zero-order valence-electron chi connectivity index (χ0n) is 14.1. The van der Waals surface area contributed by atoms with Gasteiger partial charge in [0, 0.05) is 21.0 Å². The highest BCUT2D eigenvalue weighted by molar-refractivity contribution is 9.10. The van der Waals surface area contributed by atoms with Crippen LogP contribution in [0, 0.1) is 0 Å². The lowest BCUT2D eigenvalue weighted by Crippen LogP contribution is -2.41. The number of hydrogen-bond donors (Lipinski definition) is 1. The normalized spacial score (nSPS) is 20.3. The van der Waals surface area contributed by atoms with E-state index in [9.17, 15) is 0 Å². The smallest absolute Gasteiger partial charge is 0.398 e. The Morgan fingerprint density at radius 1 is 1.09 bits per heavy atom. The van der Waals surface area contributed by atoms with Gasteiger partial charge in [-0.2, -0.15) is 0 Å². The van der Waals surface area contributed by atoms with Crippen molar-refractivity contribution in [1.82, 2.24) is 4.98 Å². The Labute approximate surface area is 141 Å². The van der Waals surface area contributed by atoms with E-state index >= 15 is 0 Å². The molecule has 3 nitrogen and oxygen atoms in total. The molecule has 5 heteroatoms. The average Bonchev–Trinajstić information content (AvgIpc) is 2.84. The molecule has 1 fully saturated rings. The molecule has 22 heavy (non-hydrogen) atoms. The fourth-order valence-corrected chi connectivity index (χ4v) is 3.34. The molecule has 2 heterocycles. The number of H-pyrrole nitrogens is 1. The van der Waals surface area contributed by atoms with E-state index in [2.05, 4.69) is 80.7 Å². The van der Waals surface area contributed by atoms with Crippen LogP contribution in [0.3, 0.4) is 0 Å². The lowest BCUT2D eigenvalue weighted by Gasteiger charge is -2.32. The molecule has 2 aromatic rings.